The van der Waals surface area contributed by atoms with E-state index in [2.05, 4.69) is 10.3 Å². The van der Waals surface area contributed by atoms with Crippen molar-refractivity contribution < 1.29 is 24.5 Å². The molecule has 2 aromatic rings. The maximum atomic E-state index is 12.9. The average Bonchev–Trinajstić information content (AvgIpc) is 3.13. The van der Waals surface area contributed by atoms with Gasteiger partial charge in [0.15, 0.2) is 0 Å². The van der Waals surface area contributed by atoms with Crippen LogP contribution >= 0.6 is 11.6 Å². The Hall–Kier alpha value is -2.68. The number of amides is 2. The number of rotatable bonds is 5. The van der Waals surface area contributed by atoms with Crippen molar-refractivity contribution in [1.29, 1.82) is 0 Å². The molecule has 172 valence electrons. The smallest absolute Gasteiger partial charge is 0.411 e. The third-order valence-corrected chi connectivity index (χ3v) is 5.39. The molecule has 0 spiro atoms. The molecule has 3 atom stereocenters. The molecule has 0 unspecified atom stereocenters. The van der Waals surface area contributed by atoms with Crippen LogP contribution in [0.4, 0.5) is 4.79 Å². The van der Waals surface area contributed by atoms with Crippen LogP contribution in [0.2, 0.25) is 5.15 Å². The molecule has 2 amide bonds. The van der Waals surface area contributed by atoms with E-state index in [1.807, 2.05) is 18.2 Å². The van der Waals surface area contributed by atoms with Crippen LogP contribution in [0, 0.1) is 0 Å². The molecule has 0 radical (unpaired) electrons. The summed E-state index contributed by atoms with van der Waals surface area (Å²) >= 11 is 6.15. The number of nitrogens with zero attached hydrogens (tertiary/aromatic N) is 2. The first kappa shape index (κ1) is 24.0. The predicted molar refractivity (Wildman–Crippen MR) is 120 cm³/mol. The number of ether oxygens (including phenoxy) is 1. The van der Waals surface area contributed by atoms with Gasteiger partial charge in [0.1, 0.15) is 16.8 Å². The van der Waals surface area contributed by atoms with Crippen molar-refractivity contribution in [2.45, 2.75) is 51.0 Å². The molecule has 8 nitrogen and oxygen atoms in total. The molecule has 32 heavy (non-hydrogen) atoms. The van der Waals surface area contributed by atoms with Gasteiger partial charge in [0.05, 0.1) is 25.3 Å². The molecule has 0 aliphatic carbocycles. The van der Waals surface area contributed by atoms with Gasteiger partial charge in [-0.05, 0) is 44.0 Å². The first-order chi connectivity index (χ1) is 15.1. The number of hydrogen-bond acceptors (Lipinski definition) is 6. The molecule has 0 saturated carbocycles. The zero-order chi connectivity index (χ0) is 23.5. The molecule has 1 aliphatic rings. The number of aliphatic hydroxyl groups is 2. The first-order valence-electron chi connectivity index (χ1n) is 10.4. The largest absolute Gasteiger partial charge is 0.444 e. The highest BCUT2D eigenvalue weighted by molar-refractivity contribution is 6.32. The van der Waals surface area contributed by atoms with Gasteiger partial charge < -0.3 is 20.3 Å². The number of aliphatic hydroxyl groups excluding tert-OH is 2. The second kappa shape index (κ2) is 9.85. The Morgan fingerprint density at radius 3 is 2.56 bits per heavy atom. The quantitative estimate of drug-likeness (QED) is 0.590. The van der Waals surface area contributed by atoms with Gasteiger partial charge in [-0.15, -0.1) is 0 Å². The fourth-order valence-electron chi connectivity index (χ4n) is 3.58. The van der Waals surface area contributed by atoms with Crippen molar-refractivity contribution in [3.63, 3.8) is 0 Å². The fraction of sp³-hybridized carbons (Fsp3) is 0.435. The lowest BCUT2D eigenvalue weighted by Gasteiger charge is -2.28. The van der Waals surface area contributed by atoms with Gasteiger partial charge in [-0.25, -0.2) is 9.78 Å². The van der Waals surface area contributed by atoms with Crippen LogP contribution < -0.4 is 5.32 Å². The topological polar surface area (TPSA) is 112 Å². The highest BCUT2D eigenvalue weighted by Gasteiger charge is 2.41. The monoisotopic (exact) mass is 461 g/mol. The summed E-state index contributed by atoms with van der Waals surface area (Å²) in [5, 5.41) is 23.1. The summed E-state index contributed by atoms with van der Waals surface area (Å²) in [6.07, 6.45) is 0.224. The second-order valence-corrected chi connectivity index (χ2v) is 9.10. The molecular weight excluding hydrogens is 434 g/mol. The SMILES string of the molecule is CC(C)(C)OC(=O)N1C[C@H](O)C[C@H]1C(=O)N[C@@H](CO)c1ccc(-c2cccnc2Cl)cc1. The molecule has 1 aliphatic heterocycles. The van der Waals surface area contributed by atoms with Crippen molar-refractivity contribution in [1.82, 2.24) is 15.2 Å². The molecule has 3 rings (SSSR count). The van der Waals surface area contributed by atoms with Gasteiger partial charge in [-0.3, -0.25) is 9.69 Å². The minimum absolute atomic E-state index is 0.0113. The van der Waals surface area contributed by atoms with Crippen LogP contribution in [0.25, 0.3) is 11.1 Å². The van der Waals surface area contributed by atoms with E-state index >= 15 is 0 Å². The number of likely N-dealkylation sites (tertiary alicyclic amines) is 1. The molecular formula is C23H28ClN3O5. The van der Waals surface area contributed by atoms with Crippen LogP contribution in [-0.2, 0) is 9.53 Å². The van der Waals surface area contributed by atoms with Gasteiger partial charge in [-0.2, -0.15) is 0 Å². The number of benzene rings is 1. The Bertz CT molecular complexity index is 961. The summed E-state index contributed by atoms with van der Waals surface area (Å²) < 4.78 is 5.36. The Labute approximate surface area is 192 Å². The van der Waals surface area contributed by atoms with E-state index in [4.69, 9.17) is 16.3 Å². The predicted octanol–water partition coefficient (Wildman–Crippen LogP) is 2.92. The molecule has 1 aromatic heterocycles. The number of pyridine rings is 1. The van der Waals surface area contributed by atoms with E-state index in [-0.39, 0.29) is 19.6 Å². The lowest BCUT2D eigenvalue weighted by Crippen LogP contribution is -2.48. The molecule has 9 heteroatoms. The molecule has 1 fully saturated rings. The van der Waals surface area contributed by atoms with Gasteiger partial charge in [0.2, 0.25) is 5.91 Å². The maximum Gasteiger partial charge on any atom is 0.411 e. The fourth-order valence-corrected chi connectivity index (χ4v) is 3.81. The molecule has 3 N–H and O–H groups in total. The van der Waals surface area contributed by atoms with Crippen molar-refractivity contribution >= 4 is 23.6 Å². The summed E-state index contributed by atoms with van der Waals surface area (Å²) in [6.45, 7) is 4.88. The van der Waals surface area contributed by atoms with E-state index in [1.165, 1.54) is 4.90 Å². The van der Waals surface area contributed by atoms with Crippen molar-refractivity contribution in [3.8, 4) is 11.1 Å². The summed E-state index contributed by atoms with van der Waals surface area (Å²) in [4.78, 5) is 30.7. The van der Waals surface area contributed by atoms with E-state index < -0.39 is 35.8 Å². The van der Waals surface area contributed by atoms with Gasteiger partial charge in [-0.1, -0.05) is 35.9 Å². The van der Waals surface area contributed by atoms with Crippen LogP contribution in [0.15, 0.2) is 42.6 Å². The standard InChI is InChI=1S/C23H28ClN3O5/c1-23(2,3)32-22(31)27-12-16(29)11-19(27)21(30)26-18(13-28)15-8-6-14(7-9-15)17-5-4-10-25-20(17)24/h4-10,16,18-19,28-29H,11-13H2,1-3H3,(H,26,30)/t16-,18+,19+/m1/s1. The van der Waals surface area contributed by atoms with Crippen molar-refractivity contribution in [2.24, 2.45) is 0 Å². The summed E-state index contributed by atoms with van der Waals surface area (Å²) in [5.74, 6) is -0.467. The Kier molecular flexibility index (Phi) is 7.38. The van der Waals surface area contributed by atoms with E-state index in [0.29, 0.717) is 10.7 Å². The van der Waals surface area contributed by atoms with Crippen LogP contribution in [0.1, 0.15) is 38.8 Å². The Balaban J connectivity index is 1.72. The number of aromatic nitrogens is 1. The minimum atomic E-state index is -0.887. The Morgan fingerprint density at radius 1 is 1.28 bits per heavy atom. The summed E-state index contributed by atoms with van der Waals surface area (Å²) in [5.41, 5.74) is 1.59. The average molecular weight is 462 g/mol. The van der Waals surface area contributed by atoms with Gasteiger partial charge >= 0.3 is 6.09 Å². The first-order valence-corrected chi connectivity index (χ1v) is 10.8. The molecule has 2 heterocycles. The molecule has 1 saturated heterocycles. The summed E-state index contributed by atoms with van der Waals surface area (Å²) in [7, 11) is 0. The van der Waals surface area contributed by atoms with Gasteiger partial charge in [0, 0.05) is 18.2 Å². The van der Waals surface area contributed by atoms with Crippen molar-refractivity contribution in [2.75, 3.05) is 13.2 Å². The normalized spacial score (nSPS) is 19.5. The van der Waals surface area contributed by atoms with Crippen LogP contribution in [0.5, 0.6) is 0 Å². The number of β-amino-alcohol motifs (C(OH)–C–C–N with tert-alkyl or cyclic N) is 1. The maximum absolute atomic E-state index is 12.9. The van der Waals surface area contributed by atoms with E-state index in [1.54, 1.807) is 45.2 Å². The molecule has 0 bridgehead atoms. The molecule has 1 aromatic carbocycles. The van der Waals surface area contributed by atoms with Gasteiger partial charge in [0.25, 0.3) is 0 Å². The highest BCUT2D eigenvalue weighted by Crippen LogP contribution is 2.27. The third kappa shape index (κ3) is 5.76. The number of nitrogens with one attached hydrogen (secondary N) is 1. The number of hydrogen-bond donors (Lipinski definition) is 3. The summed E-state index contributed by atoms with van der Waals surface area (Å²) in [6, 6.07) is 9.31. The third-order valence-electron chi connectivity index (χ3n) is 5.09. The lowest BCUT2D eigenvalue weighted by atomic mass is 10.0. The lowest BCUT2D eigenvalue weighted by molar-refractivity contribution is -0.126. The Morgan fingerprint density at radius 2 is 1.97 bits per heavy atom. The van der Waals surface area contributed by atoms with E-state index in [9.17, 15) is 19.8 Å². The minimum Gasteiger partial charge on any atom is -0.444 e. The van der Waals surface area contributed by atoms with Crippen LogP contribution in [-0.4, -0.2) is 63.0 Å². The number of carbonyl (C=O) groups excluding carboxylic acids is 2. The second-order valence-electron chi connectivity index (χ2n) is 8.75. The zero-order valence-corrected chi connectivity index (χ0v) is 19.0. The van der Waals surface area contributed by atoms with Crippen molar-refractivity contribution in [3.05, 3.63) is 53.3 Å². The highest BCUT2D eigenvalue weighted by atomic mass is 35.5. The zero-order valence-electron chi connectivity index (χ0n) is 18.3. The van der Waals surface area contributed by atoms with E-state index in [0.717, 1.165) is 11.1 Å². The number of carbonyl (C=O) groups is 2. The number of halogens is 1. The van der Waals surface area contributed by atoms with Crippen LogP contribution in [0.3, 0.4) is 0 Å².